The van der Waals surface area contributed by atoms with Crippen molar-refractivity contribution >= 4 is 11.3 Å². The van der Waals surface area contributed by atoms with E-state index >= 15 is 0 Å². The van der Waals surface area contributed by atoms with E-state index in [1.54, 1.807) is 11.3 Å². The highest BCUT2D eigenvalue weighted by Gasteiger charge is 2.51. The Morgan fingerprint density at radius 2 is 1.88 bits per heavy atom. The van der Waals surface area contributed by atoms with Crippen LogP contribution in [-0.2, 0) is 5.41 Å². The summed E-state index contributed by atoms with van der Waals surface area (Å²) in [5, 5.41) is 12.7. The van der Waals surface area contributed by atoms with Crippen molar-refractivity contribution in [2.45, 2.75) is 31.3 Å². The van der Waals surface area contributed by atoms with Crippen LogP contribution < -0.4 is 0 Å². The number of aliphatic hydroxyl groups excluding tert-OH is 1. The second kappa shape index (κ2) is 3.97. The number of aliphatic hydroxyl groups is 1. The first-order valence-electron chi connectivity index (χ1n) is 6.02. The summed E-state index contributed by atoms with van der Waals surface area (Å²) < 4.78 is 0. The molecule has 1 unspecified atom stereocenters. The summed E-state index contributed by atoms with van der Waals surface area (Å²) in [7, 11) is 0. The Balaban J connectivity index is 1.97. The molecular weight excluding hydrogens is 228 g/mol. The minimum absolute atomic E-state index is 0.0207. The van der Waals surface area contributed by atoms with E-state index in [0.29, 0.717) is 0 Å². The van der Waals surface area contributed by atoms with E-state index in [9.17, 15) is 5.11 Å². The van der Waals surface area contributed by atoms with E-state index < -0.39 is 0 Å². The number of thiophene rings is 1. The van der Waals surface area contributed by atoms with Gasteiger partial charge in [0.15, 0.2) is 0 Å². The molecule has 88 valence electrons. The van der Waals surface area contributed by atoms with Gasteiger partial charge in [-0.05, 0) is 42.3 Å². The SMILES string of the molecule is Cc1sccc1C(O)C1(c2ccccc2)CC1. The van der Waals surface area contributed by atoms with Crippen LogP contribution in [0.3, 0.4) is 0 Å². The van der Waals surface area contributed by atoms with E-state index in [-0.39, 0.29) is 11.5 Å². The molecule has 1 fully saturated rings. The van der Waals surface area contributed by atoms with Gasteiger partial charge in [-0.15, -0.1) is 11.3 Å². The van der Waals surface area contributed by atoms with Crippen LogP contribution in [0.15, 0.2) is 41.8 Å². The van der Waals surface area contributed by atoms with Crippen molar-refractivity contribution in [1.82, 2.24) is 0 Å². The highest BCUT2D eigenvalue weighted by Crippen LogP contribution is 2.57. The molecule has 0 bridgehead atoms. The highest BCUT2D eigenvalue weighted by molar-refractivity contribution is 7.10. The van der Waals surface area contributed by atoms with Crippen LogP contribution in [0.2, 0.25) is 0 Å². The van der Waals surface area contributed by atoms with Gasteiger partial charge in [-0.1, -0.05) is 30.3 Å². The number of benzene rings is 1. The average Bonchev–Trinajstić information content (AvgIpc) is 3.07. The molecule has 1 saturated carbocycles. The summed E-state index contributed by atoms with van der Waals surface area (Å²) in [6, 6.07) is 12.5. The topological polar surface area (TPSA) is 20.2 Å². The van der Waals surface area contributed by atoms with Crippen molar-refractivity contribution in [1.29, 1.82) is 0 Å². The van der Waals surface area contributed by atoms with Crippen molar-refractivity contribution in [3.8, 4) is 0 Å². The maximum atomic E-state index is 10.6. The van der Waals surface area contributed by atoms with Gasteiger partial charge in [-0.25, -0.2) is 0 Å². The van der Waals surface area contributed by atoms with Gasteiger partial charge in [0.1, 0.15) is 0 Å². The number of hydrogen-bond donors (Lipinski definition) is 1. The summed E-state index contributed by atoms with van der Waals surface area (Å²) in [6.45, 7) is 2.09. The van der Waals surface area contributed by atoms with Gasteiger partial charge in [0.25, 0.3) is 0 Å². The van der Waals surface area contributed by atoms with Crippen molar-refractivity contribution < 1.29 is 5.11 Å². The summed E-state index contributed by atoms with van der Waals surface area (Å²) in [5.41, 5.74) is 2.36. The normalized spacial score (nSPS) is 18.9. The molecule has 17 heavy (non-hydrogen) atoms. The minimum Gasteiger partial charge on any atom is -0.387 e. The average molecular weight is 244 g/mol. The lowest BCUT2D eigenvalue weighted by Gasteiger charge is -2.23. The molecule has 0 spiro atoms. The third-order valence-corrected chi connectivity index (χ3v) is 4.72. The fourth-order valence-electron chi connectivity index (χ4n) is 2.60. The Kier molecular flexibility index (Phi) is 2.57. The van der Waals surface area contributed by atoms with Gasteiger partial charge in [0.05, 0.1) is 6.10 Å². The van der Waals surface area contributed by atoms with Crippen molar-refractivity contribution in [2.75, 3.05) is 0 Å². The standard InChI is InChI=1S/C15H16OS/c1-11-13(7-10-17-11)14(16)15(8-9-15)12-5-3-2-4-6-12/h2-7,10,14,16H,8-9H2,1H3. The molecular formula is C15H16OS. The van der Waals surface area contributed by atoms with E-state index in [0.717, 1.165) is 18.4 Å². The number of hydrogen-bond acceptors (Lipinski definition) is 2. The van der Waals surface area contributed by atoms with Crippen molar-refractivity contribution in [3.05, 3.63) is 57.8 Å². The lowest BCUT2D eigenvalue weighted by molar-refractivity contribution is 0.133. The number of rotatable bonds is 3. The minimum atomic E-state index is -0.351. The molecule has 1 aliphatic carbocycles. The summed E-state index contributed by atoms with van der Waals surface area (Å²) >= 11 is 1.71. The summed E-state index contributed by atoms with van der Waals surface area (Å²) in [5.74, 6) is 0. The van der Waals surface area contributed by atoms with Crippen LogP contribution in [0, 0.1) is 6.92 Å². The molecule has 1 heterocycles. The molecule has 0 aliphatic heterocycles. The molecule has 0 saturated heterocycles. The van der Waals surface area contributed by atoms with Crippen LogP contribution >= 0.6 is 11.3 Å². The van der Waals surface area contributed by atoms with Gasteiger partial charge in [-0.2, -0.15) is 0 Å². The fraction of sp³-hybridized carbons (Fsp3) is 0.333. The molecule has 2 aromatic rings. The Morgan fingerprint density at radius 3 is 2.41 bits per heavy atom. The lowest BCUT2D eigenvalue weighted by Crippen LogP contribution is -2.18. The van der Waals surface area contributed by atoms with Crippen molar-refractivity contribution in [2.24, 2.45) is 0 Å². The zero-order valence-electron chi connectivity index (χ0n) is 9.89. The van der Waals surface area contributed by atoms with E-state index in [1.807, 2.05) is 6.07 Å². The third kappa shape index (κ3) is 1.72. The van der Waals surface area contributed by atoms with Crippen LogP contribution in [0.1, 0.15) is 34.9 Å². The molecule has 2 heteroatoms. The summed E-state index contributed by atoms with van der Waals surface area (Å²) in [6.07, 6.45) is 1.83. The highest BCUT2D eigenvalue weighted by atomic mass is 32.1. The van der Waals surface area contributed by atoms with Crippen LogP contribution in [-0.4, -0.2) is 5.11 Å². The first-order valence-corrected chi connectivity index (χ1v) is 6.89. The second-order valence-corrected chi connectivity index (χ2v) is 5.98. The molecule has 1 aromatic carbocycles. The van der Waals surface area contributed by atoms with E-state index in [1.165, 1.54) is 10.4 Å². The predicted molar refractivity (Wildman–Crippen MR) is 71.4 cm³/mol. The first-order chi connectivity index (χ1) is 8.24. The predicted octanol–water partition coefficient (Wildman–Crippen LogP) is 3.82. The van der Waals surface area contributed by atoms with Gasteiger partial charge in [-0.3, -0.25) is 0 Å². The monoisotopic (exact) mass is 244 g/mol. The van der Waals surface area contributed by atoms with E-state index in [4.69, 9.17) is 0 Å². The molecule has 1 aromatic heterocycles. The van der Waals surface area contributed by atoms with Crippen LogP contribution in [0.25, 0.3) is 0 Å². The zero-order chi connectivity index (χ0) is 11.9. The van der Waals surface area contributed by atoms with Gasteiger partial charge >= 0.3 is 0 Å². The Hall–Kier alpha value is -1.12. The van der Waals surface area contributed by atoms with Gasteiger partial charge in [0, 0.05) is 10.3 Å². The Labute approximate surface area is 106 Å². The van der Waals surface area contributed by atoms with Crippen LogP contribution in [0.4, 0.5) is 0 Å². The molecule has 1 N–H and O–H groups in total. The van der Waals surface area contributed by atoms with Gasteiger partial charge in [0.2, 0.25) is 0 Å². The molecule has 3 rings (SSSR count). The molecule has 1 aliphatic rings. The summed E-state index contributed by atoms with van der Waals surface area (Å²) in [4.78, 5) is 1.24. The van der Waals surface area contributed by atoms with Crippen LogP contribution in [0.5, 0.6) is 0 Å². The maximum Gasteiger partial charge on any atom is 0.0897 e. The van der Waals surface area contributed by atoms with Gasteiger partial charge < -0.3 is 5.11 Å². The molecule has 0 amide bonds. The smallest absolute Gasteiger partial charge is 0.0897 e. The van der Waals surface area contributed by atoms with Crippen molar-refractivity contribution in [3.63, 3.8) is 0 Å². The molecule has 1 atom stereocenters. The Morgan fingerprint density at radius 1 is 1.18 bits per heavy atom. The lowest BCUT2D eigenvalue weighted by atomic mass is 9.86. The first kappa shape index (κ1) is 11.0. The largest absolute Gasteiger partial charge is 0.387 e. The molecule has 0 radical (unpaired) electrons. The zero-order valence-corrected chi connectivity index (χ0v) is 10.7. The third-order valence-electron chi connectivity index (χ3n) is 3.85. The maximum absolute atomic E-state index is 10.6. The second-order valence-electron chi connectivity index (χ2n) is 4.86. The number of aryl methyl sites for hydroxylation is 1. The Bertz CT molecular complexity index is 511. The quantitative estimate of drug-likeness (QED) is 0.870. The fourth-order valence-corrected chi connectivity index (χ4v) is 3.34. The van der Waals surface area contributed by atoms with E-state index in [2.05, 4.69) is 42.6 Å². The molecule has 1 nitrogen and oxygen atoms in total.